The van der Waals surface area contributed by atoms with E-state index in [1.807, 2.05) is 54.2 Å². The van der Waals surface area contributed by atoms with Gasteiger partial charge < -0.3 is 24.8 Å². The lowest BCUT2D eigenvalue weighted by Gasteiger charge is -2.25. The Morgan fingerprint density at radius 1 is 1.07 bits per heavy atom. The Kier molecular flexibility index (Phi) is 9.52. The van der Waals surface area contributed by atoms with Crippen molar-refractivity contribution in [3.05, 3.63) is 59.9 Å². The number of hydrogen-bond donors (Lipinski definition) is 1. The number of ether oxygens (including phenoxy) is 1. The second kappa shape index (κ2) is 13.2. The number of nitrogens with two attached hydrogens (primary N) is 1. The summed E-state index contributed by atoms with van der Waals surface area (Å²) in [6.07, 6.45) is 1.31. The number of pyridine rings is 1. The van der Waals surface area contributed by atoms with Gasteiger partial charge in [0.15, 0.2) is 11.6 Å². The van der Waals surface area contributed by atoms with Gasteiger partial charge in [-0.1, -0.05) is 30.3 Å². The standard InChI is InChI=1S/C29H36N6O5/c1-20(36)39-40-22-10-7-9-21(17-22)18-34(26(37)19-33(2)3)14-8-15-35-25(13-16-38-4)32-27-28(35)23-11-5-6-12-24(23)31-29(27)30/h5-7,9-12,17H,8,13-16,18-19H2,1-4H3,(H2,30,31). The van der Waals surface area contributed by atoms with E-state index < -0.39 is 5.97 Å². The van der Waals surface area contributed by atoms with E-state index >= 15 is 0 Å². The molecule has 0 aliphatic carbocycles. The number of carbonyl (C=O) groups is 2. The topological polar surface area (TPSA) is 125 Å². The van der Waals surface area contributed by atoms with Crippen LogP contribution in [0.15, 0.2) is 48.5 Å². The molecule has 40 heavy (non-hydrogen) atoms. The molecule has 0 unspecified atom stereocenters. The Balaban J connectivity index is 1.58. The molecule has 0 aliphatic heterocycles. The molecule has 0 saturated heterocycles. The zero-order chi connectivity index (χ0) is 28.6. The van der Waals surface area contributed by atoms with Gasteiger partial charge in [-0.2, -0.15) is 0 Å². The minimum atomic E-state index is -0.546. The highest BCUT2D eigenvalue weighted by molar-refractivity contribution is 6.06. The Bertz CT molecular complexity index is 1480. The number of likely N-dealkylation sites (N-methyl/N-ethyl adjacent to an activating group) is 1. The lowest BCUT2D eigenvalue weighted by atomic mass is 10.1. The fourth-order valence-electron chi connectivity index (χ4n) is 4.63. The summed E-state index contributed by atoms with van der Waals surface area (Å²) in [6.45, 7) is 3.60. The Hall–Kier alpha value is -4.22. The highest BCUT2D eigenvalue weighted by Crippen LogP contribution is 2.29. The van der Waals surface area contributed by atoms with Crippen LogP contribution in [0.3, 0.4) is 0 Å². The number of hydrogen-bond acceptors (Lipinski definition) is 9. The normalized spacial score (nSPS) is 11.3. The number of carbonyl (C=O) groups excluding carboxylic acids is 2. The molecule has 212 valence electrons. The van der Waals surface area contributed by atoms with Gasteiger partial charge in [0.05, 0.1) is 24.2 Å². The second-order valence-electron chi connectivity index (χ2n) is 9.85. The predicted octanol–water partition coefficient (Wildman–Crippen LogP) is 3.19. The fraction of sp³-hybridized carbons (Fsp3) is 0.379. The van der Waals surface area contributed by atoms with Crippen LogP contribution in [-0.2, 0) is 38.7 Å². The van der Waals surface area contributed by atoms with Gasteiger partial charge in [-0.3, -0.25) is 14.6 Å². The molecule has 2 aromatic carbocycles. The van der Waals surface area contributed by atoms with E-state index in [0.717, 1.165) is 27.8 Å². The number of aromatic nitrogens is 3. The molecule has 11 nitrogen and oxygen atoms in total. The summed E-state index contributed by atoms with van der Waals surface area (Å²) in [4.78, 5) is 47.1. The van der Waals surface area contributed by atoms with Crippen molar-refractivity contribution in [1.82, 2.24) is 24.3 Å². The van der Waals surface area contributed by atoms with Crippen LogP contribution in [0.25, 0.3) is 21.9 Å². The Morgan fingerprint density at radius 3 is 2.62 bits per heavy atom. The van der Waals surface area contributed by atoms with Crippen molar-refractivity contribution in [2.45, 2.75) is 32.9 Å². The molecule has 1 amide bonds. The zero-order valence-electron chi connectivity index (χ0n) is 23.4. The van der Waals surface area contributed by atoms with Crippen LogP contribution < -0.4 is 10.6 Å². The van der Waals surface area contributed by atoms with Crippen LogP contribution in [0.4, 0.5) is 5.82 Å². The summed E-state index contributed by atoms with van der Waals surface area (Å²) in [5.74, 6) is 1.10. The third-order valence-electron chi connectivity index (χ3n) is 6.36. The van der Waals surface area contributed by atoms with Crippen LogP contribution in [0, 0.1) is 0 Å². The molecule has 2 heterocycles. The molecular formula is C29H36N6O5. The van der Waals surface area contributed by atoms with Gasteiger partial charge in [0, 0.05) is 45.5 Å². The molecule has 0 spiro atoms. The molecular weight excluding hydrogens is 512 g/mol. The number of nitrogens with zero attached hydrogens (tertiary/aromatic N) is 5. The number of aryl methyl sites for hydroxylation is 1. The summed E-state index contributed by atoms with van der Waals surface area (Å²) in [5, 5.41) is 0.980. The maximum absolute atomic E-state index is 13.2. The van der Waals surface area contributed by atoms with Gasteiger partial charge in [0.25, 0.3) is 0 Å². The number of methoxy groups -OCH3 is 1. The molecule has 0 bridgehead atoms. The number of benzene rings is 2. The first-order valence-electron chi connectivity index (χ1n) is 13.2. The zero-order valence-corrected chi connectivity index (χ0v) is 23.4. The number of nitrogen functional groups attached to an aromatic ring is 1. The van der Waals surface area contributed by atoms with Gasteiger partial charge in [0.2, 0.25) is 5.91 Å². The SMILES string of the molecule is COCCc1nc2c(N)nc3ccccc3c2n1CCCN(Cc1cccc(OOC(C)=O)c1)C(=O)CN(C)C. The first-order valence-corrected chi connectivity index (χ1v) is 13.2. The number of para-hydroxylation sites is 1. The number of imidazole rings is 1. The minimum absolute atomic E-state index is 0.00490. The molecule has 4 aromatic rings. The van der Waals surface area contributed by atoms with E-state index in [9.17, 15) is 9.59 Å². The number of anilines is 1. The number of amides is 1. The van der Waals surface area contributed by atoms with E-state index in [0.29, 0.717) is 56.2 Å². The van der Waals surface area contributed by atoms with Crippen molar-refractivity contribution in [2.75, 3.05) is 46.6 Å². The summed E-state index contributed by atoms with van der Waals surface area (Å²) in [7, 11) is 5.40. The van der Waals surface area contributed by atoms with Crippen molar-refractivity contribution < 1.29 is 24.1 Å². The van der Waals surface area contributed by atoms with Crippen LogP contribution in [0.5, 0.6) is 5.75 Å². The molecule has 0 fully saturated rings. The van der Waals surface area contributed by atoms with E-state index in [4.69, 9.17) is 20.3 Å². The summed E-state index contributed by atoms with van der Waals surface area (Å²) in [5.41, 5.74) is 9.60. The molecule has 0 saturated carbocycles. The van der Waals surface area contributed by atoms with Gasteiger partial charge in [-0.25, -0.2) is 14.8 Å². The van der Waals surface area contributed by atoms with Crippen molar-refractivity contribution in [1.29, 1.82) is 0 Å². The molecule has 2 aromatic heterocycles. The molecule has 2 N–H and O–H groups in total. The molecule has 4 rings (SSSR count). The van der Waals surface area contributed by atoms with Crippen LogP contribution in [0.2, 0.25) is 0 Å². The minimum Gasteiger partial charge on any atom is -0.384 e. The van der Waals surface area contributed by atoms with E-state index in [1.165, 1.54) is 6.92 Å². The molecule has 0 radical (unpaired) electrons. The van der Waals surface area contributed by atoms with Crippen molar-refractivity contribution in [2.24, 2.45) is 0 Å². The highest BCUT2D eigenvalue weighted by atomic mass is 17.2. The van der Waals surface area contributed by atoms with E-state index in [2.05, 4.69) is 14.4 Å². The van der Waals surface area contributed by atoms with Gasteiger partial charge >= 0.3 is 5.97 Å². The number of rotatable bonds is 13. The third kappa shape index (κ3) is 7.04. The predicted molar refractivity (Wildman–Crippen MR) is 152 cm³/mol. The third-order valence-corrected chi connectivity index (χ3v) is 6.36. The van der Waals surface area contributed by atoms with Crippen LogP contribution in [0.1, 0.15) is 24.7 Å². The summed E-state index contributed by atoms with van der Waals surface area (Å²) < 4.78 is 7.51. The second-order valence-corrected chi connectivity index (χ2v) is 9.85. The summed E-state index contributed by atoms with van der Waals surface area (Å²) >= 11 is 0. The molecule has 11 heteroatoms. The molecule has 0 atom stereocenters. The lowest BCUT2D eigenvalue weighted by Crippen LogP contribution is -2.38. The van der Waals surface area contributed by atoms with Crippen molar-refractivity contribution >= 4 is 39.6 Å². The maximum Gasteiger partial charge on any atom is 0.352 e. The lowest BCUT2D eigenvalue weighted by molar-refractivity contribution is -0.210. The van der Waals surface area contributed by atoms with Crippen molar-refractivity contribution in [3.8, 4) is 5.75 Å². The average Bonchev–Trinajstić information content (AvgIpc) is 3.29. The Labute approximate surface area is 233 Å². The van der Waals surface area contributed by atoms with Crippen LogP contribution in [-0.4, -0.2) is 77.1 Å². The quantitative estimate of drug-likeness (QED) is 0.198. The first kappa shape index (κ1) is 28.8. The Morgan fingerprint density at radius 2 is 1.88 bits per heavy atom. The van der Waals surface area contributed by atoms with Gasteiger partial charge in [0.1, 0.15) is 11.3 Å². The van der Waals surface area contributed by atoms with Crippen molar-refractivity contribution in [3.63, 3.8) is 0 Å². The summed E-state index contributed by atoms with van der Waals surface area (Å²) in [6, 6.07) is 15.0. The van der Waals surface area contributed by atoms with Gasteiger partial charge in [-0.15, -0.1) is 0 Å². The monoisotopic (exact) mass is 548 g/mol. The smallest absolute Gasteiger partial charge is 0.352 e. The largest absolute Gasteiger partial charge is 0.384 e. The number of fused-ring (bicyclic) bond motifs is 3. The van der Waals surface area contributed by atoms with E-state index in [-0.39, 0.29) is 12.5 Å². The van der Waals surface area contributed by atoms with Crippen LogP contribution >= 0.6 is 0 Å². The van der Waals surface area contributed by atoms with Gasteiger partial charge in [-0.05, 0) is 44.3 Å². The fourth-order valence-corrected chi connectivity index (χ4v) is 4.63. The molecule has 0 aliphatic rings. The van der Waals surface area contributed by atoms with E-state index in [1.54, 1.807) is 25.3 Å². The average molecular weight is 549 g/mol. The highest BCUT2D eigenvalue weighted by Gasteiger charge is 2.19. The first-order chi connectivity index (χ1) is 19.3. The maximum atomic E-state index is 13.2.